The van der Waals surface area contributed by atoms with Gasteiger partial charge >= 0.3 is 0 Å². The van der Waals surface area contributed by atoms with Gasteiger partial charge in [0.25, 0.3) is 0 Å². The number of anilines is 3. The molecular weight excluding hydrogens is 364 g/mol. The first-order valence-corrected chi connectivity index (χ1v) is 9.73. The summed E-state index contributed by atoms with van der Waals surface area (Å²) in [6.45, 7) is 9.45. The SMILES string of the molecule is Cc1cc(Nc2ccccc2C(C)(C)C)nc(NCc2ccc3c(c2)OCO3)n1. The number of para-hydroxylation sites is 1. The number of hydrogen-bond acceptors (Lipinski definition) is 6. The maximum Gasteiger partial charge on any atom is 0.231 e. The first kappa shape index (κ1) is 19.1. The molecule has 2 heterocycles. The summed E-state index contributed by atoms with van der Waals surface area (Å²) in [5, 5.41) is 6.77. The number of rotatable bonds is 5. The average molecular weight is 390 g/mol. The van der Waals surface area contributed by atoms with Gasteiger partial charge in [0.05, 0.1) is 0 Å². The van der Waals surface area contributed by atoms with Gasteiger partial charge in [-0.2, -0.15) is 4.98 Å². The van der Waals surface area contributed by atoms with Crippen LogP contribution in [-0.4, -0.2) is 16.8 Å². The first-order valence-electron chi connectivity index (χ1n) is 9.73. The van der Waals surface area contributed by atoms with Crippen LogP contribution in [-0.2, 0) is 12.0 Å². The number of ether oxygens (including phenoxy) is 2. The van der Waals surface area contributed by atoms with Crippen molar-refractivity contribution < 1.29 is 9.47 Å². The van der Waals surface area contributed by atoms with Crippen LogP contribution >= 0.6 is 0 Å². The Balaban J connectivity index is 1.51. The second kappa shape index (κ2) is 7.62. The smallest absolute Gasteiger partial charge is 0.231 e. The summed E-state index contributed by atoms with van der Waals surface area (Å²) in [5.41, 5.74) is 4.30. The lowest BCUT2D eigenvalue weighted by molar-refractivity contribution is 0.174. The minimum atomic E-state index is 0.0338. The third kappa shape index (κ3) is 4.42. The molecule has 1 aliphatic heterocycles. The molecule has 0 bridgehead atoms. The normalized spacial score (nSPS) is 12.7. The molecule has 29 heavy (non-hydrogen) atoms. The molecule has 0 amide bonds. The Kier molecular flexibility index (Phi) is 5.01. The Morgan fingerprint density at radius 3 is 2.59 bits per heavy atom. The monoisotopic (exact) mass is 390 g/mol. The van der Waals surface area contributed by atoms with Crippen LogP contribution in [0.2, 0.25) is 0 Å². The summed E-state index contributed by atoms with van der Waals surface area (Å²) in [4.78, 5) is 9.17. The molecule has 0 atom stereocenters. The molecule has 0 aliphatic carbocycles. The van der Waals surface area contributed by atoms with Crippen molar-refractivity contribution in [2.75, 3.05) is 17.4 Å². The Morgan fingerprint density at radius 2 is 1.76 bits per heavy atom. The maximum atomic E-state index is 5.44. The van der Waals surface area contributed by atoms with Gasteiger partial charge < -0.3 is 20.1 Å². The average Bonchev–Trinajstić information content (AvgIpc) is 3.13. The van der Waals surface area contributed by atoms with Crippen molar-refractivity contribution in [1.29, 1.82) is 0 Å². The summed E-state index contributed by atoms with van der Waals surface area (Å²) in [5.74, 6) is 2.90. The van der Waals surface area contributed by atoms with E-state index in [1.807, 2.05) is 37.3 Å². The summed E-state index contributed by atoms with van der Waals surface area (Å²) < 4.78 is 10.8. The maximum absolute atomic E-state index is 5.44. The van der Waals surface area contributed by atoms with E-state index in [4.69, 9.17) is 9.47 Å². The quantitative estimate of drug-likeness (QED) is 0.627. The lowest BCUT2D eigenvalue weighted by Gasteiger charge is -2.23. The fourth-order valence-electron chi connectivity index (χ4n) is 3.33. The summed E-state index contributed by atoms with van der Waals surface area (Å²) in [6.07, 6.45) is 0. The standard InChI is InChI=1S/C23H26N4O2/c1-15-11-21(26-18-8-6-5-7-17(18)23(2,3)4)27-22(25-15)24-13-16-9-10-19-20(12-16)29-14-28-19/h5-12H,13-14H2,1-4H3,(H2,24,25,26,27). The highest BCUT2D eigenvalue weighted by Crippen LogP contribution is 2.33. The van der Waals surface area contributed by atoms with Gasteiger partial charge in [-0.25, -0.2) is 4.98 Å². The van der Waals surface area contributed by atoms with E-state index >= 15 is 0 Å². The van der Waals surface area contributed by atoms with Crippen LogP contribution in [0.1, 0.15) is 37.6 Å². The van der Waals surface area contributed by atoms with Gasteiger partial charge in [0.1, 0.15) is 5.82 Å². The predicted octanol–water partition coefficient (Wildman–Crippen LogP) is 5.17. The van der Waals surface area contributed by atoms with E-state index in [1.54, 1.807) is 0 Å². The van der Waals surface area contributed by atoms with Gasteiger partial charge in [0.15, 0.2) is 11.5 Å². The highest BCUT2D eigenvalue weighted by molar-refractivity contribution is 5.63. The van der Waals surface area contributed by atoms with Crippen molar-refractivity contribution >= 4 is 17.5 Å². The van der Waals surface area contributed by atoms with Gasteiger partial charge in [-0.05, 0) is 41.7 Å². The zero-order chi connectivity index (χ0) is 20.4. The summed E-state index contributed by atoms with van der Waals surface area (Å²) in [7, 11) is 0. The lowest BCUT2D eigenvalue weighted by atomic mass is 9.86. The van der Waals surface area contributed by atoms with Crippen molar-refractivity contribution in [1.82, 2.24) is 9.97 Å². The zero-order valence-corrected chi connectivity index (χ0v) is 17.2. The molecule has 2 N–H and O–H groups in total. The predicted molar refractivity (Wildman–Crippen MR) is 115 cm³/mol. The number of nitrogens with zero attached hydrogens (tertiary/aromatic N) is 2. The Hall–Kier alpha value is -3.28. The molecule has 0 saturated heterocycles. The van der Waals surface area contributed by atoms with Crippen molar-refractivity contribution in [2.24, 2.45) is 0 Å². The van der Waals surface area contributed by atoms with E-state index < -0.39 is 0 Å². The van der Waals surface area contributed by atoms with Gasteiger partial charge in [-0.1, -0.05) is 45.0 Å². The fraction of sp³-hybridized carbons (Fsp3) is 0.304. The van der Waals surface area contributed by atoms with Crippen LogP contribution in [0.3, 0.4) is 0 Å². The van der Waals surface area contributed by atoms with E-state index in [1.165, 1.54) is 5.56 Å². The molecular formula is C23H26N4O2. The molecule has 4 rings (SSSR count). The number of nitrogens with one attached hydrogen (secondary N) is 2. The number of hydrogen-bond donors (Lipinski definition) is 2. The minimum absolute atomic E-state index is 0.0338. The second-order valence-corrected chi connectivity index (χ2v) is 8.18. The van der Waals surface area contributed by atoms with Gasteiger partial charge in [-0.3, -0.25) is 0 Å². The van der Waals surface area contributed by atoms with Gasteiger partial charge in [0, 0.05) is 24.0 Å². The van der Waals surface area contributed by atoms with Crippen LogP contribution < -0.4 is 20.1 Å². The molecule has 6 heteroatoms. The van der Waals surface area contributed by atoms with Crippen LogP contribution in [0.4, 0.5) is 17.5 Å². The number of fused-ring (bicyclic) bond motifs is 1. The molecule has 0 saturated carbocycles. The van der Waals surface area contributed by atoms with Crippen LogP contribution in [0, 0.1) is 6.92 Å². The minimum Gasteiger partial charge on any atom is -0.454 e. The third-order valence-electron chi connectivity index (χ3n) is 4.74. The van der Waals surface area contributed by atoms with E-state index in [0.717, 1.165) is 34.3 Å². The Morgan fingerprint density at radius 1 is 0.966 bits per heavy atom. The summed E-state index contributed by atoms with van der Waals surface area (Å²) >= 11 is 0. The largest absolute Gasteiger partial charge is 0.454 e. The topological polar surface area (TPSA) is 68.3 Å². The third-order valence-corrected chi connectivity index (χ3v) is 4.74. The number of benzene rings is 2. The molecule has 0 radical (unpaired) electrons. The lowest BCUT2D eigenvalue weighted by Crippen LogP contribution is -2.14. The molecule has 2 aromatic carbocycles. The molecule has 0 unspecified atom stereocenters. The molecule has 1 aliphatic rings. The summed E-state index contributed by atoms with van der Waals surface area (Å²) in [6, 6.07) is 16.2. The molecule has 1 aromatic heterocycles. The number of aromatic nitrogens is 2. The van der Waals surface area contributed by atoms with Crippen molar-refractivity contribution in [3.8, 4) is 11.5 Å². The van der Waals surface area contributed by atoms with Gasteiger partial charge in [-0.15, -0.1) is 0 Å². The van der Waals surface area contributed by atoms with E-state index in [-0.39, 0.29) is 12.2 Å². The van der Waals surface area contributed by atoms with Crippen LogP contribution in [0.5, 0.6) is 11.5 Å². The Bertz CT molecular complexity index is 1030. The van der Waals surface area contributed by atoms with Gasteiger partial charge in [0.2, 0.25) is 12.7 Å². The van der Waals surface area contributed by atoms with Crippen molar-refractivity contribution in [3.63, 3.8) is 0 Å². The molecule has 6 nitrogen and oxygen atoms in total. The highest BCUT2D eigenvalue weighted by atomic mass is 16.7. The van der Waals surface area contributed by atoms with E-state index in [9.17, 15) is 0 Å². The molecule has 0 spiro atoms. The van der Waals surface area contributed by atoms with E-state index in [0.29, 0.717) is 12.5 Å². The number of aryl methyl sites for hydroxylation is 1. The molecule has 150 valence electrons. The van der Waals surface area contributed by atoms with Crippen molar-refractivity contribution in [2.45, 2.75) is 39.7 Å². The van der Waals surface area contributed by atoms with E-state index in [2.05, 4.69) is 59.6 Å². The first-order chi connectivity index (χ1) is 13.9. The zero-order valence-electron chi connectivity index (χ0n) is 17.2. The fourth-order valence-corrected chi connectivity index (χ4v) is 3.33. The van der Waals surface area contributed by atoms with Crippen LogP contribution in [0.15, 0.2) is 48.5 Å². The van der Waals surface area contributed by atoms with Crippen LogP contribution in [0.25, 0.3) is 0 Å². The van der Waals surface area contributed by atoms with Crippen molar-refractivity contribution in [3.05, 3.63) is 65.4 Å². The highest BCUT2D eigenvalue weighted by Gasteiger charge is 2.18. The molecule has 3 aromatic rings. The second-order valence-electron chi connectivity index (χ2n) is 8.18. The molecule has 0 fully saturated rings. The Labute approximate surface area is 171 Å².